The molecule has 1 aromatic heterocycles. The summed E-state index contributed by atoms with van der Waals surface area (Å²) in [6, 6.07) is 10.6. The lowest BCUT2D eigenvalue weighted by atomic mass is 10.1. The summed E-state index contributed by atoms with van der Waals surface area (Å²) in [5.41, 5.74) is 5.24. The van der Waals surface area contributed by atoms with E-state index in [1.807, 2.05) is 0 Å². The highest BCUT2D eigenvalue weighted by Crippen LogP contribution is 2.32. The second-order valence-electron chi connectivity index (χ2n) is 6.85. The van der Waals surface area contributed by atoms with E-state index in [0.717, 1.165) is 23.5 Å². The highest BCUT2D eigenvalue weighted by molar-refractivity contribution is 7.17. The number of alkyl halides is 3. The van der Waals surface area contributed by atoms with E-state index in [4.69, 9.17) is 4.74 Å². The summed E-state index contributed by atoms with van der Waals surface area (Å²) in [5, 5.41) is 0.356. The van der Waals surface area contributed by atoms with Crippen molar-refractivity contribution < 1.29 is 37.0 Å². The minimum Gasteiger partial charge on any atom is -0.465 e. The molecule has 34 heavy (non-hydrogen) atoms. The van der Waals surface area contributed by atoms with Crippen LogP contribution in [0.4, 0.5) is 18.0 Å². The van der Waals surface area contributed by atoms with Gasteiger partial charge >= 0.3 is 18.2 Å². The Kier molecular flexibility index (Phi) is 7.51. The number of hydrazine groups is 1. The number of benzene rings is 2. The van der Waals surface area contributed by atoms with Crippen LogP contribution in [0.25, 0.3) is 10.6 Å². The Labute approximate surface area is 195 Å². The molecular weight excluding hydrogens is 475 g/mol. The van der Waals surface area contributed by atoms with Gasteiger partial charge < -0.3 is 9.47 Å². The molecule has 0 aliphatic carbocycles. The summed E-state index contributed by atoms with van der Waals surface area (Å²) >= 11 is 0.967. The number of nitrogens with zero attached hydrogens (tertiary/aromatic N) is 1. The van der Waals surface area contributed by atoms with Crippen LogP contribution in [0, 0.1) is 6.92 Å². The molecule has 0 spiro atoms. The van der Waals surface area contributed by atoms with Gasteiger partial charge in [0.15, 0.2) is 0 Å². The molecule has 0 saturated heterocycles. The predicted octanol–water partition coefficient (Wildman–Crippen LogP) is 4.50. The van der Waals surface area contributed by atoms with Crippen molar-refractivity contribution in [3.8, 4) is 10.6 Å². The van der Waals surface area contributed by atoms with E-state index >= 15 is 0 Å². The summed E-state index contributed by atoms with van der Waals surface area (Å²) in [4.78, 5) is 40.1. The monoisotopic (exact) mass is 493 g/mol. The van der Waals surface area contributed by atoms with E-state index in [-0.39, 0.29) is 11.5 Å². The van der Waals surface area contributed by atoms with Gasteiger partial charge in [-0.05, 0) is 36.8 Å². The number of carbonyl (C=O) groups is 3. The van der Waals surface area contributed by atoms with Crippen LogP contribution in [-0.2, 0) is 22.3 Å². The largest absolute Gasteiger partial charge is 0.465 e. The second-order valence-corrected chi connectivity index (χ2v) is 7.85. The number of thiazole rings is 1. The van der Waals surface area contributed by atoms with Crippen molar-refractivity contribution in [1.82, 2.24) is 15.8 Å². The van der Waals surface area contributed by atoms with Crippen molar-refractivity contribution in [1.29, 1.82) is 0 Å². The molecule has 2 aromatic carbocycles. The second kappa shape index (κ2) is 10.3. The molecule has 0 aliphatic rings. The number of rotatable bonds is 5. The standard InChI is InChI=1S/C22H18F3N3O5S/c1-12-17(34-19(26-12)14-7-9-16(10-8-14)22(23,24)25)18(29)27-28-21(31)33-11-13-3-5-15(6-4-13)20(30)32-2/h3-10H,11H2,1-2H3,(H,27,29)(H,28,31). The number of hydrogen-bond donors (Lipinski definition) is 2. The molecule has 0 fully saturated rings. The van der Waals surface area contributed by atoms with Gasteiger partial charge in [-0.15, -0.1) is 11.3 Å². The smallest absolute Gasteiger partial charge is 0.426 e. The molecular formula is C22H18F3N3O5S. The summed E-state index contributed by atoms with van der Waals surface area (Å²) in [6.07, 6.45) is -5.37. The summed E-state index contributed by atoms with van der Waals surface area (Å²) in [7, 11) is 1.27. The summed E-state index contributed by atoms with van der Waals surface area (Å²) in [6.45, 7) is 1.45. The Bertz CT molecular complexity index is 1190. The molecule has 3 aromatic rings. The summed E-state index contributed by atoms with van der Waals surface area (Å²) in [5.74, 6) is -1.15. The molecule has 0 saturated carbocycles. The first-order chi connectivity index (χ1) is 16.1. The fourth-order valence-corrected chi connectivity index (χ4v) is 3.70. The van der Waals surface area contributed by atoms with Gasteiger partial charge in [0.2, 0.25) is 0 Å². The molecule has 1 heterocycles. The predicted molar refractivity (Wildman–Crippen MR) is 116 cm³/mol. The molecule has 2 N–H and O–H groups in total. The normalized spacial score (nSPS) is 11.0. The van der Waals surface area contributed by atoms with E-state index < -0.39 is 29.7 Å². The van der Waals surface area contributed by atoms with E-state index in [1.54, 1.807) is 19.1 Å². The third-order valence-electron chi connectivity index (χ3n) is 4.49. The van der Waals surface area contributed by atoms with Crippen LogP contribution in [0.1, 0.15) is 36.9 Å². The molecule has 0 atom stereocenters. The first kappa shape index (κ1) is 24.7. The van der Waals surface area contributed by atoms with Gasteiger partial charge in [0.05, 0.1) is 23.9 Å². The maximum Gasteiger partial charge on any atom is 0.426 e. The number of aromatic nitrogens is 1. The van der Waals surface area contributed by atoms with Crippen LogP contribution in [0.5, 0.6) is 0 Å². The van der Waals surface area contributed by atoms with Gasteiger partial charge in [-0.3, -0.25) is 10.2 Å². The number of carbonyl (C=O) groups excluding carboxylic acids is 3. The number of methoxy groups -OCH3 is 1. The van der Waals surface area contributed by atoms with Crippen molar-refractivity contribution in [2.45, 2.75) is 19.7 Å². The maximum absolute atomic E-state index is 12.7. The fourth-order valence-electron chi connectivity index (χ4n) is 2.74. The number of aryl methyl sites for hydroxylation is 1. The molecule has 0 aliphatic heterocycles. The third kappa shape index (κ3) is 6.10. The van der Waals surface area contributed by atoms with Gasteiger partial charge in [-0.1, -0.05) is 24.3 Å². The Morgan fingerprint density at radius 2 is 1.65 bits per heavy atom. The number of halogens is 3. The van der Waals surface area contributed by atoms with Crippen LogP contribution < -0.4 is 10.9 Å². The van der Waals surface area contributed by atoms with Gasteiger partial charge in [-0.2, -0.15) is 13.2 Å². The Morgan fingerprint density at radius 3 is 2.24 bits per heavy atom. The van der Waals surface area contributed by atoms with Gasteiger partial charge in [0.1, 0.15) is 16.5 Å². The maximum atomic E-state index is 12.7. The highest BCUT2D eigenvalue weighted by atomic mass is 32.1. The topological polar surface area (TPSA) is 107 Å². The number of ether oxygens (including phenoxy) is 2. The number of esters is 1. The number of nitrogens with one attached hydrogen (secondary N) is 2. The van der Waals surface area contributed by atoms with Crippen LogP contribution >= 0.6 is 11.3 Å². The minimum absolute atomic E-state index is 0.110. The van der Waals surface area contributed by atoms with Crippen LogP contribution in [-0.4, -0.2) is 30.1 Å². The third-order valence-corrected chi connectivity index (χ3v) is 5.69. The molecule has 0 bridgehead atoms. The zero-order chi connectivity index (χ0) is 24.9. The van der Waals surface area contributed by atoms with E-state index in [1.165, 1.54) is 31.4 Å². The summed E-state index contributed by atoms with van der Waals surface area (Å²) < 4.78 is 47.8. The highest BCUT2D eigenvalue weighted by Gasteiger charge is 2.30. The number of hydrogen-bond acceptors (Lipinski definition) is 7. The average molecular weight is 493 g/mol. The van der Waals surface area contributed by atoms with Crippen molar-refractivity contribution >= 4 is 29.3 Å². The van der Waals surface area contributed by atoms with Crippen molar-refractivity contribution in [2.24, 2.45) is 0 Å². The first-order valence-corrected chi connectivity index (χ1v) is 10.5. The molecule has 3 rings (SSSR count). The van der Waals surface area contributed by atoms with E-state index in [2.05, 4.69) is 20.6 Å². The van der Waals surface area contributed by atoms with Crippen LogP contribution in [0.2, 0.25) is 0 Å². The Hall–Kier alpha value is -3.93. The van der Waals surface area contributed by atoms with Gasteiger partial charge in [-0.25, -0.2) is 20.0 Å². The quantitative estimate of drug-likeness (QED) is 0.401. The lowest BCUT2D eigenvalue weighted by Gasteiger charge is -2.08. The van der Waals surface area contributed by atoms with Crippen molar-refractivity contribution in [2.75, 3.05) is 7.11 Å². The van der Waals surface area contributed by atoms with Gasteiger partial charge in [0.25, 0.3) is 5.91 Å². The molecule has 0 unspecified atom stereocenters. The Morgan fingerprint density at radius 1 is 1.00 bits per heavy atom. The molecule has 8 nitrogen and oxygen atoms in total. The molecule has 178 valence electrons. The zero-order valence-electron chi connectivity index (χ0n) is 17.9. The SMILES string of the molecule is COC(=O)c1ccc(COC(=O)NNC(=O)c2sc(-c3ccc(C(F)(F)F)cc3)nc2C)cc1. The zero-order valence-corrected chi connectivity index (χ0v) is 18.7. The molecule has 2 amide bonds. The van der Waals surface area contributed by atoms with E-state index in [0.29, 0.717) is 27.4 Å². The Balaban J connectivity index is 1.54. The average Bonchev–Trinajstić information content (AvgIpc) is 3.22. The number of amides is 2. The van der Waals surface area contributed by atoms with Gasteiger partial charge in [0, 0.05) is 5.56 Å². The van der Waals surface area contributed by atoms with Crippen LogP contribution in [0.3, 0.4) is 0 Å². The molecule has 0 radical (unpaired) electrons. The van der Waals surface area contributed by atoms with E-state index in [9.17, 15) is 27.6 Å². The molecule has 12 heteroatoms. The fraction of sp³-hybridized carbons (Fsp3) is 0.182. The minimum atomic E-state index is -4.45. The van der Waals surface area contributed by atoms with Crippen molar-refractivity contribution in [3.05, 3.63) is 75.8 Å². The lowest BCUT2D eigenvalue weighted by Crippen LogP contribution is -2.41. The first-order valence-electron chi connectivity index (χ1n) is 9.64. The van der Waals surface area contributed by atoms with Crippen molar-refractivity contribution in [3.63, 3.8) is 0 Å². The van der Waals surface area contributed by atoms with Crippen LogP contribution in [0.15, 0.2) is 48.5 Å². The lowest BCUT2D eigenvalue weighted by molar-refractivity contribution is -0.137.